The van der Waals surface area contributed by atoms with E-state index in [1.54, 1.807) is 17.8 Å². The second-order valence-corrected chi connectivity index (χ2v) is 6.44. The predicted molar refractivity (Wildman–Crippen MR) is 108 cm³/mol. The lowest BCUT2D eigenvalue weighted by molar-refractivity contribution is -0.137. The standard InChI is InChI=1S/C22H19N3O3/c1-15-7-3-5-9-19(15)24(2)22(28)16(12-23)11-17-13-25(14-21(26)27)20-10-6-4-8-18(17)20/h3-11,13H,14H2,1-2H3,(H,26,27)/b16-11+. The van der Waals surface area contributed by atoms with Crippen molar-refractivity contribution in [1.29, 1.82) is 5.26 Å². The summed E-state index contributed by atoms with van der Waals surface area (Å²) in [7, 11) is 1.63. The smallest absolute Gasteiger partial charge is 0.323 e. The normalized spacial score (nSPS) is 11.2. The Morgan fingerprint density at radius 2 is 1.86 bits per heavy atom. The molecule has 1 heterocycles. The van der Waals surface area contributed by atoms with Crippen LogP contribution in [-0.4, -0.2) is 28.6 Å². The maximum absolute atomic E-state index is 12.9. The number of para-hydroxylation sites is 2. The first-order chi connectivity index (χ1) is 13.4. The third-order valence-electron chi connectivity index (χ3n) is 4.56. The minimum absolute atomic E-state index is 0.0241. The fourth-order valence-electron chi connectivity index (χ4n) is 3.19. The number of nitriles is 1. The number of carbonyl (C=O) groups is 2. The molecule has 0 aliphatic rings. The highest BCUT2D eigenvalue weighted by molar-refractivity contribution is 6.12. The number of rotatable bonds is 5. The fraction of sp³-hybridized carbons (Fsp3) is 0.136. The Balaban J connectivity index is 2.04. The van der Waals surface area contributed by atoms with Gasteiger partial charge in [0.1, 0.15) is 18.2 Å². The van der Waals surface area contributed by atoms with Crippen LogP contribution in [0.15, 0.2) is 60.3 Å². The number of carbonyl (C=O) groups excluding carboxylic acids is 1. The van der Waals surface area contributed by atoms with Crippen LogP contribution in [0.3, 0.4) is 0 Å². The number of amides is 1. The van der Waals surface area contributed by atoms with E-state index in [-0.39, 0.29) is 12.1 Å². The zero-order valence-electron chi connectivity index (χ0n) is 15.6. The molecule has 3 rings (SSSR count). The number of hydrogen-bond donors (Lipinski definition) is 1. The first-order valence-electron chi connectivity index (χ1n) is 8.67. The number of aliphatic carboxylic acids is 1. The summed E-state index contributed by atoms with van der Waals surface area (Å²) in [6, 6.07) is 16.7. The van der Waals surface area contributed by atoms with E-state index in [0.29, 0.717) is 5.56 Å². The van der Waals surface area contributed by atoms with Crippen molar-refractivity contribution in [3.8, 4) is 6.07 Å². The van der Waals surface area contributed by atoms with E-state index >= 15 is 0 Å². The van der Waals surface area contributed by atoms with Crippen LogP contribution in [0.4, 0.5) is 5.69 Å². The van der Waals surface area contributed by atoms with Crippen LogP contribution in [0.1, 0.15) is 11.1 Å². The number of anilines is 1. The summed E-state index contributed by atoms with van der Waals surface area (Å²) in [5.74, 6) is -1.39. The van der Waals surface area contributed by atoms with Crippen molar-refractivity contribution in [2.75, 3.05) is 11.9 Å². The monoisotopic (exact) mass is 373 g/mol. The number of benzene rings is 2. The summed E-state index contributed by atoms with van der Waals surface area (Å²) in [4.78, 5) is 25.5. The van der Waals surface area contributed by atoms with Crippen LogP contribution in [0, 0.1) is 18.3 Å². The largest absolute Gasteiger partial charge is 0.480 e. The quantitative estimate of drug-likeness (QED) is 0.547. The van der Waals surface area contributed by atoms with Gasteiger partial charge in [0, 0.05) is 35.4 Å². The molecule has 6 nitrogen and oxygen atoms in total. The first-order valence-corrected chi connectivity index (χ1v) is 8.67. The zero-order chi connectivity index (χ0) is 20.3. The van der Waals surface area contributed by atoms with Gasteiger partial charge >= 0.3 is 5.97 Å². The van der Waals surface area contributed by atoms with Crippen molar-refractivity contribution in [3.63, 3.8) is 0 Å². The number of nitrogens with zero attached hydrogens (tertiary/aromatic N) is 3. The molecule has 3 aromatic rings. The second-order valence-electron chi connectivity index (χ2n) is 6.44. The molecule has 0 radical (unpaired) electrons. The molecule has 1 aromatic heterocycles. The van der Waals surface area contributed by atoms with Crippen LogP contribution >= 0.6 is 0 Å². The van der Waals surface area contributed by atoms with E-state index in [9.17, 15) is 14.9 Å². The van der Waals surface area contributed by atoms with Gasteiger partial charge in [-0.2, -0.15) is 5.26 Å². The maximum Gasteiger partial charge on any atom is 0.323 e. The number of likely N-dealkylation sites (N-methyl/N-ethyl adjacent to an activating group) is 1. The molecule has 0 saturated carbocycles. The van der Waals surface area contributed by atoms with Gasteiger partial charge in [0.2, 0.25) is 0 Å². The molecule has 0 spiro atoms. The molecule has 28 heavy (non-hydrogen) atoms. The molecule has 0 aliphatic heterocycles. The number of aryl methyl sites for hydroxylation is 1. The zero-order valence-corrected chi connectivity index (χ0v) is 15.6. The minimum atomic E-state index is -0.966. The van der Waals surface area contributed by atoms with Crippen molar-refractivity contribution >= 4 is 34.5 Å². The summed E-state index contributed by atoms with van der Waals surface area (Å²) in [6.07, 6.45) is 3.16. The summed E-state index contributed by atoms with van der Waals surface area (Å²) in [6.45, 7) is 1.70. The number of carboxylic acid groups (broad SMARTS) is 1. The van der Waals surface area contributed by atoms with E-state index in [1.807, 2.05) is 61.5 Å². The van der Waals surface area contributed by atoms with Gasteiger partial charge < -0.3 is 14.6 Å². The molecule has 0 atom stereocenters. The van der Waals surface area contributed by atoms with Crippen LogP contribution in [0.25, 0.3) is 17.0 Å². The highest BCUT2D eigenvalue weighted by Gasteiger charge is 2.19. The SMILES string of the molecule is Cc1ccccc1N(C)C(=O)/C(C#N)=C/c1cn(CC(=O)O)c2ccccc12. The summed E-state index contributed by atoms with van der Waals surface area (Å²) >= 11 is 0. The Bertz CT molecular complexity index is 1140. The van der Waals surface area contributed by atoms with Crippen molar-refractivity contribution in [1.82, 2.24) is 4.57 Å². The van der Waals surface area contributed by atoms with Crippen LogP contribution in [0.2, 0.25) is 0 Å². The molecule has 140 valence electrons. The third kappa shape index (κ3) is 3.64. The molecule has 0 aliphatic carbocycles. The predicted octanol–water partition coefficient (Wildman–Crippen LogP) is 3.60. The molecule has 1 N–H and O–H groups in total. The summed E-state index contributed by atoms with van der Waals surface area (Å²) < 4.78 is 1.59. The topological polar surface area (TPSA) is 86.3 Å². The first kappa shape index (κ1) is 18.9. The average molecular weight is 373 g/mol. The van der Waals surface area contributed by atoms with Gasteiger partial charge in [-0.05, 0) is 30.7 Å². The van der Waals surface area contributed by atoms with Gasteiger partial charge in [-0.1, -0.05) is 36.4 Å². The number of hydrogen-bond acceptors (Lipinski definition) is 3. The number of aromatic nitrogens is 1. The highest BCUT2D eigenvalue weighted by atomic mass is 16.4. The van der Waals surface area contributed by atoms with E-state index in [2.05, 4.69) is 0 Å². The van der Waals surface area contributed by atoms with E-state index in [1.165, 1.54) is 11.0 Å². The molecule has 2 aromatic carbocycles. The van der Waals surface area contributed by atoms with Gasteiger partial charge in [-0.15, -0.1) is 0 Å². The Morgan fingerprint density at radius 1 is 1.18 bits per heavy atom. The molecule has 1 amide bonds. The van der Waals surface area contributed by atoms with Gasteiger partial charge in [0.15, 0.2) is 0 Å². The Hall–Kier alpha value is -3.85. The lowest BCUT2D eigenvalue weighted by Gasteiger charge is -2.18. The highest BCUT2D eigenvalue weighted by Crippen LogP contribution is 2.25. The van der Waals surface area contributed by atoms with Crippen molar-refractivity contribution in [2.45, 2.75) is 13.5 Å². The second kappa shape index (κ2) is 7.80. The van der Waals surface area contributed by atoms with E-state index < -0.39 is 11.9 Å². The molecule has 0 unspecified atom stereocenters. The lowest BCUT2D eigenvalue weighted by atomic mass is 10.1. The molecule has 0 bridgehead atoms. The van der Waals surface area contributed by atoms with Crippen LogP contribution in [-0.2, 0) is 16.1 Å². The Morgan fingerprint density at radius 3 is 2.54 bits per heavy atom. The fourth-order valence-corrected chi connectivity index (χ4v) is 3.19. The molecular formula is C22H19N3O3. The molecule has 0 saturated heterocycles. The maximum atomic E-state index is 12.9. The van der Waals surface area contributed by atoms with E-state index in [4.69, 9.17) is 5.11 Å². The summed E-state index contributed by atoms with van der Waals surface area (Å²) in [5.41, 5.74) is 2.98. The van der Waals surface area contributed by atoms with E-state index in [0.717, 1.165) is 22.2 Å². The third-order valence-corrected chi connectivity index (χ3v) is 4.56. The van der Waals surface area contributed by atoms with Gasteiger partial charge in [0.25, 0.3) is 5.91 Å². The van der Waals surface area contributed by atoms with Gasteiger partial charge in [0.05, 0.1) is 0 Å². The Kier molecular flexibility index (Phi) is 5.28. The average Bonchev–Trinajstić information content (AvgIpc) is 3.02. The molecular weight excluding hydrogens is 354 g/mol. The lowest BCUT2D eigenvalue weighted by Crippen LogP contribution is -2.27. The summed E-state index contributed by atoms with van der Waals surface area (Å²) in [5, 5.41) is 19.5. The number of carboxylic acids is 1. The van der Waals surface area contributed by atoms with Crippen molar-refractivity contribution in [2.24, 2.45) is 0 Å². The Labute approximate surface area is 162 Å². The van der Waals surface area contributed by atoms with Crippen molar-refractivity contribution in [3.05, 3.63) is 71.4 Å². The van der Waals surface area contributed by atoms with Crippen LogP contribution < -0.4 is 4.90 Å². The minimum Gasteiger partial charge on any atom is -0.480 e. The molecule has 0 fully saturated rings. The molecule has 6 heteroatoms. The van der Waals surface area contributed by atoms with Crippen LogP contribution in [0.5, 0.6) is 0 Å². The van der Waals surface area contributed by atoms with Crippen molar-refractivity contribution < 1.29 is 14.7 Å². The van der Waals surface area contributed by atoms with Gasteiger partial charge in [-0.25, -0.2) is 0 Å². The van der Waals surface area contributed by atoms with Gasteiger partial charge in [-0.3, -0.25) is 9.59 Å². The number of fused-ring (bicyclic) bond motifs is 1.